The maximum Gasteiger partial charge on any atom is 0.123 e. The van der Waals surface area contributed by atoms with Crippen molar-refractivity contribution in [2.24, 2.45) is 0 Å². The zero-order valence-corrected chi connectivity index (χ0v) is 15.3. The first kappa shape index (κ1) is 16.9. The van der Waals surface area contributed by atoms with Gasteiger partial charge in [-0.3, -0.25) is 4.90 Å². The monoisotopic (exact) mass is 343 g/mol. The minimum Gasteiger partial charge on any atom is -0.496 e. The topological polar surface area (TPSA) is 12.5 Å². The third-order valence-electron chi connectivity index (χ3n) is 5.37. The van der Waals surface area contributed by atoms with Gasteiger partial charge in [-0.05, 0) is 29.2 Å². The molecule has 0 aliphatic carbocycles. The molecule has 0 spiro atoms. The molecule has 0 saturated heterocycles. The van der Waals surface area contributed by atoms with Crippen molar-refractivity contribution < 1.29 is 4.74 Å². The second-order valence-corrected chi connectivity index (χ2v) is 6.96. The van der Waals surface area contributed by atoms with Gasteiger partial charge in [-0.15, -0.1) is 0 Å². The maximum absolute atomic E-state index is 5.61. The largest absolute Gasteiger partial charge is 0.496 e. The van der Waals surface area contributed by atoms with E-state index in [2.05, 4.69) is 83.8 Å². The maximum atomic E-state index is 5.61. The van der Waals surface area contributed by atoms with Crippen LogP contribution in [0, 0.1) is 0 Å². The van der Waals surface area contributed by atoms with Crippen molar-refractivity contribution in [3.8, 4) is 5.75 Å². The zero-order valence-electron chi connectivity index (χ0n) is 15.3. The Morgan fingerprint density at radius 2 is 1.50 bits per heavy atom. The molecule has 1 aliphatic rings. The van der Waals surface area contributed by atoms with Gasteiger partial charge < -0.3 is 4.74 Å². The second kappa shape index (κ2) is 7.76. The Kier molecular flexibility index (Phi) is 5.03. The number of hydrogen-bond donors (Lipinski definition) is 0. The number of hydrogen-bond acceptors (Lipinski definition) is 2. The number of ether oxygens (including phenoxy) is 1. The highest BCUT2D eigenvalue weighted by molar-refractivity contribution is 5.42. The fraction of sp³-hybridized carbons (Fsp3) is 0.250. The molecular formula is C24H25NO. The minimum atomic E-state index is 0.383. The summed E-state index contributed by atoms with van der Waals surface area (Å²) >= 11 is 0. The Hall–Kier alpha value is -2.58. The van der Waals surface area contributed by atoms with Crippen LogP contribution in [0.15, 0.2) is 78.9 Å². The van der Waals surface area contributed by atoms with Crippen LogP contribution in [0.2, 0.25) is 0 Å². The van der Waals surface area contributed by atoms with Crippen molar-refractivity contribution >= 4 is 0 Å². The molecular weight excluding hydrogens is 318 g/mol. The first-order valence-corrected chi connectivity index (χ1v) is 9.32. The molecule has 132 valence electrons. The summed E-state index contributed by atoms with van der Waals surface area (Å²) in [5.41, 5.74) is 5.53. The van der Waals surface area contributed by atoms with Gasteiger partial charge in [0.25, 0.3) is 0 Å². The van der Waals surface area contributed by atoms with Gasteiger partial charge in [-0.2, -0.15) is 0 Å². The fourth-order valence-corrected chi connectivity index (χ4v) is 3.99. The highest BCUT2D eigenvalue weighted by atomic mass is 16.5. The Bertz CT molecular complexity index is 791. The van der Waals surface area contributed by atoms with Crippen LogP contribution in [0.1, 0.15) is 28.2 Å². The van der Waals surface area contributed by atoms with Crippen LogP contribution in [0.25, 0.3) is 0 Å². The van der Waals surface area contributed by atoms with E-state index in [1.807, 2.05) is 0 Å². The highest BCUT2D eigenvalue weighted by Gasteiger charge is 2.23. The van der Waals surface area contributed by atoms with E-state index in [4.69, 9.17) is 4.74 Å². The molecule has 26 heavy (non-hydrogen) atoms. The van der Waals surface area contributed by atoms with E-state index in [1.165, 1.54) is 22.3 Å². The highest BCUT2D eigenvalue weighted by Crippen LogP contribution is 2.31. The van der Waals surface area contributed by atoms with Crippen molar-refractivity contribution in [2.75, 3.05) is 20.2 Å². The molecule has 0 atom stereocenters. The minimum absolute atomic E-state index is 0.383. The molecule has 3 aromatic carbocycles. The standard InChI is InChI=1S/C24H25NO/c1-26-24-14-8-13-21-15-16-25(18-23(21)24)17-22(19-9-4-2-5-10-19)20-11-6-3-7-12-20/h2-14,22H,15-18H2,1H3. The van der Waals surface area contributed by atoms with E-state index in [-0.39, 0.29) is 0 Å². The van der Waals surface area contributed by atoms with E-state index in [0.717, 1.165) is 31.8 Å². The van der Waals surface area contributed by atoms with E-state index in [9.17, 15) is 0 Å². The predicted molar refractivity (Wildman–Crippen MR) is 107 cm³/mol. The van der Waals surface area contributed by atoms with Crippen molar-refractivity contribution in [1.82, 2.24) is 4.90 Å². The quantitative estimate of drug-likeness (QED) is 0.654. The molecule has 0 fully saturated rings. The van der Waals surface area contributed by atoms with Crippen molar-refractivity contribution in [3.63, 3.8) is 0 Å². The lowest BCUT2D eigenvalue weighted by molar-refractivity contribution is 0.241. The summed E-state index contributed by atoms with van der Waals surface area (Å²) in [6.45, 7) is 3.07. The zero-order chi connectivity index (χ0) is 17.8. The summed E-state index contributed by atoms with van der Waals surface area (Å²) in [4.78, 5) is 2.56. The number of fused-ring (bicyclic) bond motifs is 1. The van der Waals surface area contributed by atoms with Crippen LogP contribution in [0.3, 0.4) is 0 Å². The molecule has 0 amide bonds. The molecule has 2 heteroatoms. The smallest absolute Gasteiger partial charge is 0.123 e. The van der Waals surface area contributed by atoms with Gasteiger partial charge in [-0.1, -0.05) is 72.8 Å². The molecule has 2 nitrogen and oxygen atoms in total. The Morgan fingerprint density at radius 3 is 2.12 bits per heavy atom. The molecule has 4 rings (SSSR count). The van der Waals surface area contributed by atoms with Crippen molar-refractivity contribution in [1.29, 1.82) is 0 Å². The summed E-state index contributed by atoms with van der Waals surface area (Å²) in [5.74, 6) is 1.40. The summed E-state index contributed by atoms with van der Waals surface area (Å²) in [6, 6.07) is 28.1. The Morgan fingerprint density at radius 1 is 0.846 bits per heavy atom. The molecule has 3 aromatic rings. The average molecular weight is 343 g/mol. The van der Waals surface area contributed by atoms with Gasteiger partial charge in [0.1, 0.15) is 5.75 Å². The molecule has 1 aliphatic heterocycles. The predicted octanol–water partition coefficient (Wildman–Crippen LogP) is 4.89. The molecule has 1 heterocycles. The first-order valence-electron chi connectivity index (χ1n) is 9.32. The van der Waals surface area contributed by atoms with Crippen molar-refractivity contribution in [2.45, 2.75) is 18.9 Å². The van der Waals surface area contributed by atoms with E-state index >= 15 is 0 Å². The molecule has 0 radical (unpaired) electrons. The Labute approximate surface area is 156 Å². The normalized spacial score (nSPS) is 14.2. The molecule has 0 unspecified atom stereocenters. The third-order valence-corrected chi connectivity index (χ3v) is 5.37. The number of rotatable bonds is 5. The van der Waals surface area contributed by atoms with Crippen LogP contribution in [0.5, 0.6) is 5.75 Å². The lowest BCUT2D eigenvalue weighted by Gasteiger charge is -2.33. The summed E-state index contributed by atoms with van der Waals surface area (Å²) < 4.78 is 5.61. The summed E-state index contributed by atoms with van der Waals surface area (Å²) in [6.07, 6.45) is 1.09. The van der Waals surface area contributed by atoms with Gasteiger partial charge >= 0.3 is 0 Å². The van der Waals surface area contributed by atoms with E-state index in [0.29, 0.717) is 5.92 Å². The van der Waals surface area contributed by atoms with Gasteiger partial charge in [0.2, 0.25) is 0 Å². The fourth-order valence-electron chi connectivity index (χ4n) is 3.99. The second-order valence-electron chi connectivity index (χ2n) is 6.96. The molecule has 0 aromatic heterocycles. The van der Waals surface area contributed by atoms with Crippen LogP contribution in [0.4, 0.5) is 0 Å². The lowest BCUT2D eigenvalue weighted by atomic mass is 9.89. The molecule has 0 saturated carbocycles. The lowest BCUT2D eigenvalue weighted by Crippen LogP contribution is -2.34. The number of benzene rings is 3. The third kappa shape index (κ3) is 3.51. The van der Waals surface area contributed by atoms with Crippen molar-refractivity contribution in [3.05, 3.63) is 101 Å². The number of methoxy groups -OCH3 is 1. The summed E-state index contributed by atoms with van der Waals surface area (Å²) in [5, 5.41) is 0. The van der Waals surface area contributed by atoms with Crippen LogP contribution in [-0.4, -0.2) is 25.1 Å². The Balaban J connectivity index is 1.61. The average Bonchev–Trinajstić information content (AvgIpc) is 2.72. The van der Waals surface area contributed by atoms with Gasteiger partial charge in [-0.25, -0.2) is 0 Å². The summed E-state index contributed by atoms with van der Waals surface area (Å²) in [7, 11) is 1.77. The van der Waals surface area contributed by atoms with E-state index in [1.54, 1.807) is 7.11 Å². The van der Waals surface area contributed by atoms with Crippen LogP contribution >= 0.6 is 0 Å². The van der Waals surface area contributed by atoms with Crippen LogP contribution < -0.4 is 4.74 Å². The number of nitrogens with zero attached hydrogens (tertiary/aromatic N) is 1. The SMILES string of the molecule is COc1cccc2c1CN(CC(c1ccccc1)c1ccccc1)CC2. The first-order chi connectivity index (χ1) is 12.8. The molecule has 0 bridgehead atoms. The van der Waals surface area contributed by atoms with Crippen LogP contribution in [-0.2, 0) is 13.0 Å². The van der Waals surface area contributed by atoms with Gasteiger partial charge in [0.15, 0.2) is 0 Å². The van der Waals surface area contributed by atoms with Gasteiger partial charge in [0, 0.05) is 31.1 Å². The molecule has 0 N–H and O–H groups in total. The van der Waals surface area contributed by atoms with Gasteiger partial charge in [0.05, 0.1) is 7.11 Å². The van der Waals surface area contributed by atoms with E-state index < -0.39 is 0 Å².